The van der Waals surface area contributed by atoms with Gasteiger partial charge in [0.1, 0.15) is 0 Å². The van der Waals surface area contributed by atoms with Gasteiger partial charge >= 0.3 is 6.18 Å². The standard InChI is InChI=1S/C21H13Cl2F3N2O4S/c1-9-4-10(2-3-14(9)17(29)27-16-18(30)33-19(16)31)15-8-20(32-28-15,21(24,25)26)11-5-12(22)7-13(23)6-11/h2-7,16H,8H2,1H3,(H,27,29)/t20-/m0/s1. The molecule has 172 valence electrons. The van der Waals surface area contributed by atoms with Gasteiger partial charge < -0.3 is 10.2 Å². The van der Waals surface area contributed by atoms with Crippen molar-refractivity contribution in [2.45, 2.75) is 31.2 Å². The molecule has 2 aromatic carbocycles. The Kier molecular flexibility index (Phi) is 5.96. The van der Waals surface area contributed by atoms with Crippen molar-refractivity contribution in [1.82, 2.24) is 5.32 Å². The Balaban J connectivity index is 1.60. The van der Waals surface area contributed by atoms with E-state index in [1.165, 1.54) is 24.3 Å². The lowest BCUT2D eigenvalue weighted by atomic mass is 9.86. The lowest BCUT2D eigenvalue weighted by Gasteiger charge is -2.29. The lowest BCUT2D eigenvalue weighted by molar-refractivity contribution is -0.275. The highest BCUT2D eigenvalue weighted by Gasteiger charge is 2.62. The van der Waals surface area contributed by atoms with Crippen LogP contribution in [0.2, 0.25) is 10.0 Å². The van der Waals surface area contributed by atoms with E-state index in [1.54, 1.807) is 6.92 Å². The Morgan fingerprint density at radius 2 is 1.79 bits per heavy atom. The fourth-order valence-corrected chi connectivity index (χ4v) is 4.63. The zero-order valence-electron chi connectivity index (χ0n) is 16.6. The average molecular weight is 517 g/mol. The number of carbonyl (C=O) groups is 3. The minimum Gasteiger partial charge on any atom is -0.374 e. The molecule has 1 N–H and O–H groups in total. The Bertz CT molecular complexity index is 1200. The molecule has 2 aromatic rings. The Labute approximate surface area is 199 Å². The van der Waals surface area contributed by atoms with Gasteiger partial charge in [0.2, 0.25) is 10.2 Å². The van der Waals surface area contributed by atoms with Crippen molar-refractivity contribution in [3.8, 4) is 0 Å². The molecular weight excluding hydrogens is 504 g/mol. The number of benzene rings is 2. The molecule has 1 fully saturated rings. The number of halogens is 5. The molecule has 6 nitrogen and oxygen atoms in total. The summed E-state index contributed by atoms with van der Waals surface area (Å²) in [6.45, 7) is 1.57. The number of nitrogens with zero attached hydrogens (tertiary/aromatic N) is 1. The van der Waals surface area contributed by atoms with E-state index in [0.717, 1.165) is 12.1 Å². The number of rotatable bonds is 4. The number of thioether (sulfide) groups is 1. The molecule has 0 aliphatic carbocycles. The van der Waals surface area contributed by atoms with Gasteiger partial charge in [-0.05, 0) is 60.1 Å². The van der Waals surface area contributed by atoms with E-state index in [0.29, 0.717) is 22.9 Å². The first-order valence-electron chi connectivity index (χ1n) is 9.37. The van der Waals surface area contributed by atoms with E-state index in [-0.39, 0.29) is 26.9 Å². The van der Waals surface area contributed by atoms with E-state index < -0.39 is 40.4 Å². The summed E-state index contributed by atoms with van der Waals surface area (Å²) in [7, 11) is 0. The number of carbonyl (C=O) groups excluding carboxylic acids is 3. The SMILES string of the molecule is Cc1cc(C2=NO[C@@](c3cc(Cl)cc(Cl)c3)(C(F)(F)F)C2)ccc1C(=O)NC1C(=O)SC1=O. The zero-order valence-corrected chi connectivity index (χ0v) is 19.0. The van der Waals surface area contributed by atoms with Crippen LogP contribution in [0.3, 0.4) is 0 Å². The molecule has 1 saturated heterocycles. The molecule has 0 spiro atoms. The van der Waals surface area contributed by atoms with Crippen molar-refractivity contribution in [3.05, 3.63) is 68.7 Å². The maximum atomic E-state index is 14.1. The molecule has 12 heteroatoms. The summed E-state index contributed by atoms with van der Waals surface area (Å²) in [5, 5.41) is 5.16. The van der Waals surface area contributed by atoms with Gasteiger partial charge in [-0.15, -0.1) is 0 Å². The van der Waals surface area contributed by atoms with Crippen molar-refractivity contribution in [2.24, 2.45) is 5.16 Å². The van der Waals surface area contributed by atoms with Gasteiger partial charge in [0.15, 0.2) is 6.04 Å². The molecule has 0 radical (unpaired) electrons. The van der Waals surface area contributed by atoms with Gasteiger partial charge in [0.05, 0.1) is 5.71 Å². The second-order valence-electron chi connectivity index (χ2n) is 7.47. The van der Waals surface area contributed by atoms with E-state index in [9.17, 15) is 27.6 Å². The van der Waals surface area contributed by atoms with E-state index >= 15 is 0 Å². The first-order chi connectivity index (χ1) is 15.4. The van der Waals surface area contributed by atoms with Crippen LogP contribution < -0.4 is 5.32 Å². The molecule has 0 aromatic heterocycles. The molecule has 0 unspecified atom stereocenters. The molecule has 33 heavy (non-hydrogen) atoms. The molecule has 4 rings (SSSR count). The highest BCUT2D eigenvalue weighted by atomic mass is 35.5. The van der Waals surface area contributed by atoms with Crippen LogP contribution in [0.4, 0.5) is 13.2 Å². The monoisotopic (exact) mass is 516 g/mol. The number of hydrogen-bond acceptors (Lipinski definition) is 6. The Hall–Kier alpha value is -2.56. The van der Waals surface area contributed by atoms with Gasteiger partial charge in [-0.3, -0.25) is 14.4 Å². The molecule has 1 atom stereocenters. The summed E-state index contributed by atoms with van der Waals surface area (Å²) < 4.78 is 42.4. The smallest absolute Gasteiger partial charge is 0.374 e. The molecule has 2 heterocycles. The van der Waals surface area contributed by atoms with Crippen LogP contribution in [-0.2, 0) is 20.0 Å². The molecule has 2 aliphatic heterocycles. The van der Waals surface area contributed by atoms with Gasteiger partial charge in [0, 0.05) is 27.6 Å². The number of nitrogens with one attached hydrogen (secondary N) is 1. The second-order valence-corrected chi connectivity index (χ2v) is 9.35. The van der Waals surface area contributed by atoms with Gasteiger partial charge in [0.25, 0.3) is 11.5 Å². The predicted molar refractivity (Wildman–Crippen MR) is 116 cm³/mol. The van der Waals surface area contributed by atoms with Crippen LogP contribution in [0.15, 0.2) is 41.6 Å². The van der Waals surface area contributed by atoms with E-state index in [4.69, 9.17) is 28.0 Å². The fraction of sp³-hybridized carbons (Fsp3) is 0.238. The zero-order chi connectivity index (χ0) is 24.1. The summed E-state index contributed by atoms with van der Waals surface area (Å²) in [5.74, 6) is -0.645. The maximum Gasteiger partial charge on any atom is 0.435 e. The summed E-state index contributed by atoms with van der Waals surface area (Å²) in [6.07, 6.45) is -5.47. The van der Waals surface area contributed by atoms with Crippen molar-refractivity contribution in [1.29, 1.82) is 0 Å². The molecular formula is C21H13Cl2F3N2O4S. The van der Waals surface area contributed by atoms with Crippen LogP contribution in [0.5, 0.6) is 0 Å². The third kappa shape index (κ3) is 4.22. The molecule has 0 bridgehead atoms. The number of alkyl halides is 3. The van der Waals surface area contributed by atoms with Crippen molar-refractivity contribution in [2.75, 3.05) is 0 Å². The molecule has 0 saturated carbocycles. The Morgan fingerprint density at radius 3 is 2.33 bits per heavy atom. The minimum atomic E-state index is -4.83. The topological polar surface area (TPSA) is 84.8 Å². The van der Waals surface area contributed by atoms with E-state index in [1.807, 2.05) is 0 Å². The highest BCUT2D eigenvalue weighted by Crippen LogP contribution is 2.49. The minimum absolute atomic E-state index is 0.0132. The van der Waals surface area contributed by atoms with Crippen LogP contribution in [0, 0.1) is 6.92 Å². The summed E-state index contributed by atoms with van der Waals surface area (Å²) in [6, 6.07) is 6.65. The largest absolute Gasteiger partial charge is 0.435 e. The number of aryl methyl sites for hydroxylation is 1. The first-order valence-corrected chi connectivity index (χ1v) is 10.9. The maximum absolute atomic E-state index is 14.1. The fourth-order valence-electron chi connectivity index (χ4n) is 3.53. The number of hydrogen-bond donors (Lipinski definition) is 1. The second kappa shape index (κ2) is 8.34. The van der Waals surface area contributed by atoms with Gasteiger partial charge in [-0.25, -0.2) is 0 Å². The Morgan fingerprint density at radius 1 is 1.15 bits per heavy atom. The van der Waals surface area contributed by atoms with Crippen molar-refractivity contribution in [3.63, 3.8) is 0 Å². The number of amides is 1. The van der Waals surface area contributed by atoms with Crippen molar-refractivity contribution < 1.29 is 32.4 Å². The van der Waals surface area contributed by atoms with E-state index in [2.05, 4.69) is 10.5 Å². The quantitative estimate of drug-likeness (QED) is 0.591. The van der Waals surface area contributed by atoms with Crippen LogP contribution in [-0.4, -0.2) is 34.1 Å². The van der Waals surface area contributed by atoms with Gasteiger partial charge in [-0.1, -0.05) is 34.4 Å². The summed E-state index contributed by atoms with van der Waals surface area (Å²) in [5.41, 5.74) is -2.15. The summed E-state index contributed by atoms with van der Waals surface area (Å²) in [4.78, 5) is 40.2. The predicted octanol–water partition coefficient (Wildman–Crippen LogP) is 4.78. The first kappa shape index (κ1) is 23.6. The van der Waals surface area contributed by atoms with Crippen molar-refractivity contribution >= 4 is 56.8 Å². The number of oxime groups is 1. The van der Waals surface area contributed by atoms with Crippen LogP contribution in [0.25, 0.3) is 0 Å². The lowest BCUT2D eigenvalue weighted by Crippen LogP contribution is -2.51. The average Bonchev–Trinajstić information content (AvgIpc) is 3.18. The normalized spacial score (nSPS) is 20.8. The van der Waals surface area contributed by atoms with Crippen LogP contribution >= 0.6 is 35.0 Å². The summed E-state index contributed by atoms with van der Waals surface area (Å²) >= 11 is 12.3. The highest BCUT2D eigenvalue weighted by molar-refractivity contribution is 8.29. The molecule has 2 aliphatic rings. The van der Waals surface area contributed by atoms with Gasteiger partial charge in [-0.2, -0.15) is 13.2 Å². The third-order valence-corrected chi connectivity index (χ3v) is 6.58. The molecule has 1 amide bonds. The van der Waals surface area contributed by atoms with Crippen LogP contribution in [0.1, 0.15) is 33.5 Å². The third-order valence-electron chi connectivity index (χ3n) is 5.27.